The number of rotatable bonds is 6. The van der Waals surface area contributed by atoms with E-state index in [-0.39, 0.29) is 17.7 Å². The fourth-order valence-corrected chi connectivity index (χ4v) is 5.27. The standard InChI is InChI=1S/C25H28N4O4/c1-25-14-19-18-13-17(33-3)8-9-20(18)27-21(19)22(15-6-4-7-16(30)12-15)29(25)24(32)28(23(25)31)11-5-10-26-2/h4,6-9,12-13,22,26-27,30H,5,10-11,14H2,1-3H3. The van der Waals surface area contributed by atoms with Gasteiger partial charge in [-0.2, -0.15) is 0 Å². The van der Waals surface area contributed by atoms with Gasteiger partial charge in [-0.25, -0.2) is 4.79 Å². The van der Waals surface area contributed by atoms with Crippen molar-refractivity contribution in [1.82, 2.24) is 20.1 Å². The van der Waals surface area contributed by atoms with Crippen LogP contribution in [0.2, 0.25) is 0 Å². The van der Waals surface area contributed by atoms with Gasteiger partial charge in [0, 0.05) is 29.6 Å². The Morgan fingerprint density at radius 2 is 2.06 bits per heavy atom. The van der Waals surface area contributed by atoms with Crippen molar-refractivity contribution in [2.24, 2.45) is 0 Å². The van der Waals surface area contributed by atoms with Crippen molar-refractivity contribution in [3.63, 3.8) is 0 Å². The molecule has 3 N–H and O–H groups in total. The number of amides is 3. The average Bonchev–Trinajstić information content (AvgIpc) is 3.25. The Hall–Kier alpha value is -3.52. The molecule has 2 aliphatic heterocycles. The third kappa shape index (κ3) is 3.16. The molecular weight excluding hydrogens is 420 g/mol. The van der Waals surface area contributed by atoms with Crippen LogP contribution >= 0.6 is 0 Å². The lowest BCUT2D eigenvalue weighted by Crippen LogP contribution is -2.53. The van der Waals surface area contributed by atoms with Gasteiger partial charge in [0.15, 0.2) is 0 Å². The number of H-pyrrole nitrogens is 1. The smallest absolute Gasteiger partial charge is 0.328 e. The Morgan fingerprint density at radius 1 is 1.24 bits per heavy atom. The number of hydrogen-bond acceptors (Lipinski definition) is 5. The highest BCUT2D eigenvalue weighted by molar-refractivity contribution is 6.08. The largest absolute Gasteiger partial charge is 0.508 e. The van der Waals surface area contributed by atoms with E-state index in [1.807, 2.05) is 38.2 Å². The van der Waals surface area contributed by atoms with Crippen LogP contribution in [-0.2, 0) is 11.2 Å². The first-order chi connectivity index (χ1) is 15.9. The first-order valence-electron chi connectivity index (χ1n) is 11.2. The first kappa shape index (κ1) is 21.3. The third-order valence-corrected chi connectivity index (χ3v) is 6.87. The lowest BCUT2D eigenvalue weighted by Gasteiger charge is -2.42. The summed E-state index contributed by atoms with van der Waals surface area (Å²) in [6.07, 6.45) is 1.08. The van der Waals surface area contributed by atoms with Crippen LogP contribution in [0, 0.1) is 0 Å². The topological polar surface area (TPSA) is 97.9 Å². The maximum atomic E-state index is 13.7. The minimum Gasteiger partial charge on any atom is -0.508 e. The molecule has 1 aromatic heterocycles. The van der Waals surface area contributed by atoms with Crippen LogP contribution in [0.25, 0.3) is 10.9 Å². The van der Waals surface area contributed by atoms with Gasteiger partial charge in [0.25, 0.3) is 5.91 Å². The van der Waals surface area contributed by atoms with E-state index in [9.17, 15) is 14.7 Å². The van der Waals surface area contributed by atoms with Crippen molar-refractivity contribution in [1.29, 1.82) is 0 Å². The normalized spacial score (nSPS) is 22.1. The Morgan fingerprint density at radius 3 is 2.79 bits per heavy atom. The molecule has 0 aliphatic carbocycles. The fraction of sp³-hybridized carbons (Fsp3) is 0.360. The molecule has 2 unspecified atom stereocenters. The monoisotopic (exact) mass is 448 g/mol. The van der Waals surface area contributed by atoms with Gasteiger partial charge in [0.05, 0.1) is 7.11 Å². The summed E-state index contributed by atoms with van der Waals surface area (Å²) in [5.74, 6) is 0.660. The van der Waals surface area contributed by atoms with Crippen LogP contribution in [0.5, 0.6) is 11.5 Å². The summed E-state index contributed by atoms with van der Waals surface area (Å²) in [5.41, 5.74) is 2.49. The summed E-state index contributed by atoms with van der Waals surface area (Å²) in [4.78, 5) is 33.9. The highest BCUT2D eigenvalue weighted by Gasteiger charge is 2.60. The number of benzene rings is 2. The summed E-state index contributed by atoms with van der Waals surface area (Å²) in [6, 6.07) is 11.9. The van der Waals surface area contributed by atoms with Crippen molar-refractivity contribution in [3.05, 3.63) is 59.3 Å². The Bertz CT molecular complexity index is 1250. The zero-order valence-corrected chi connectivity index (χ0v) is 19.0. The molecule has 33 heavy (non-hydrogen) atoms. The highest BCUT2D eigenvalue weighted by Crippen LogP contribution is 2.49. The minimum atomic E-state index is -1.03. The number of aromatic hydroxyl groups is 1. The van der Waals surface area contributed by atoms with Gasteiger partial charge in [-0.3, -0.25) is 14.6 Å². The van der Waals surface area contributed by atoms with Gasteiger partial charge >= 0.3 is 6.03 Å². The fourth-order valence-electron chi connectivity index (χ4n) is 5.27. The van der Waals surface area contributed by atoms with E-state index in [1.165, 1.54) is 4.90 Å². The second kappa shape index (κ2) is 7.81. The van der Waals surface area contributed by atoms with E-state index in [0.29, 0.717) is 25.9 Å². The van der Waals surface area contributed by atoms with E-state index < -0.39 is 11.6 Å². The number of fused-ring (bicyclic) bond motifs is 4. The number of nitrogens with zero attached hydrogens (tertiary/aromatic N) is 2. The number of phenols is 1. The van der Waals surface area contributed by atoms with Gasteiger partial charge < -0.3 is 20.1 Å². The van der Waals surface area contributed by atoms with Gasteiger partial charge in [0.2, 0.25) is 0 Å². The predicted octanol–water partition coefficient (Wildman–Crippen LogP) is 3.16. The summed E-state index contributed by atoms with van der Waals surface area (Å²) < 4.78 is 5.44. The molecule has 0 saturated carbocycles. The molecule has 2 aromatic carbocycles. The van der Waals surface area contributed by atoms with Crippen LogP contribution < -0.4 is 10.1 Å². The molecule has 1 saturated heterocycles. The average molecular weight is 449 g/mol. The Labute approximate surface area is 192 Å². The number of aromatic nitrogens is 1. The van der Waals surface area contributed by atoms with Crippen LogP contribution in [0.3, 0.4) is 0 Å². The number of aromatic amines is 1. The highest BCUT2D eigenvalue weighted by atomic mass is 16.5. The van der Waals surface area contributed by atoms with E-state index >= 15 is 0 Å². The van der Waals surface area contributed by atoms with E-state index in [1.54, 1.807) is 30.2 Å². The summed E-state index contributed by atoms with van der Waals surface area (Å²) in [6.45, 7) is 2.93. The van der Waals surface area contributed by atoms with E-state index in [2.05, 4.69) is 10.3 Å². The molecule has 2 aliphatic rings. The van der Waals surface area contributed by atoms with Crippen molar-refractivity contribution < 1.29 is 19.4 Å². The number of carbonyl (C=O) groups is 2. The number of urea groups is 1. The van der Waals surface area contributed by atoms with Crippen molar-refractivity contribution in [3.8, 4) is 11.5 Å². The molecule has 8 nitrogen and oxygen atoms in total. The third-order valence-electron chi connectivity index (χ3n) is 6.87. The molecule has 1 fully saturated rings. The molecule has 172 valence electrons. The number of imide groups is 1. The maximum Gasteiger partial charge on any atom is 0.328 e. The molecule has 5 rings (SSSR count). The van der Waals surface area contributed by atoms with Crippen LogP contribution in [0.15, 0.2) is 42.5 Å². The number of methoxy groups -OCH3 is 1. The van der Waals surface area contributed by atoms with Crippen molar-refractivity contribution in [2.45, 2.75) is 31.3 Å². The van der Waals surface area contributed by atoms with E-state index in [4.69, 9.17) is 4.74 Å². The van der Waals surface area contributed by atoms with Gasteiger partial charge in [-0.05, 0) is 68.4 Å². The van der Waals surface area contributed by atoms with Crippen LogP contribution in [0.4, 0.5) is 4.79 Å². The Balaban J connectivity index is 1.70. The molecule has 3 heterocycles. The molecular formula is C25H28N4O4. The Kier molecular flexibility index (Phi) is 5.05. The van der Waals surface area contributed by atoms with E-state index in [0.717, 1.165) is 33.5 Å². The maximum absolute atomic E-state index is 13.7. The second-order valence-corrected chi connectivity index (χ2v) is 8.94. The lowest BCUT2D eigenvalue weighted by atomic mass is 9.81. The molecule has 0 spiro atoms. The molecule has 3 amide bonds. The van der Waals surface area contributed by atoms with Gasteiger partial charge in [-0.1, -0.05) is 12.1 Å². The quantitative estimate of drug-likeness (QED) is 0.398. The summed E-state index contributed by atoms with van der Waals surface area (Å²) >= 11 is 0. The molecule has 3 aromatic rings. The number of carbonyl (C=O) groups excluding carboxylic acids is 2. The summed E-state index contributed by atoms with van der Waals surface area (Å²) in [7, 11) is 3.48. The lowest BCUT2D eigenvalue weighted by molar-refractivity contribution is -0.133. The number of phenolic OH excluding ortho intramolecular Hbond substituents is 1. The molecule has 0 radical (unpaired) electrons. The van der Waals surface area contributed by atoms with Crippen molar-refractivity contribution in [2.75, 3.05) is 27.2 Å². The second-order valence-electron chi connectivity index (χ2n) is 8.94. The van der Waals surface area contributed by atoms with Crippen molar-refractivity contribution >= 4 is 22.8 Å². The number of nitrogens with one attached hydrogen (secondary N) is 2. The van der Waals surface area contributed by atoms with Crippen LogP contribution in [-0.4, -0.2) is 64.6 Å². The molecule has 2 atom stereocenters. The van der Waals surface area contributed by atoms with Gasteiger partial charge in [-0.15, -0.1) is 0 Å². The molecule has 0 bridgehead atoms. The number of ether oxygens (including phenoxy) is 1. The number of hydrogen-bond donors (Lipinski definition) is 3. The first-order valence-corrected chi connectivity index (χ1v) is 11.2. The zero-order valence-electron chi connectivity index (χ0n) is 19.0. The summed E-state index contributed by atoms with van der Waals surface area (Å²) in [5, 5.41) is 14.2. The zero-order chi connectivity index (χ0) is 23.3. The van der Waals surface area contributed by atoms with Gasteiger partial charge in [0.1, 0.15) is 23.1 Å². The predicted molar refractivity (Wildman–Crippen MR) is 124 cm³/mol. The SMILES string of the molecule is CNCCCN1C(=O)N2C(c3cccc(O)c3)c3[nH]c4ccc(OC)cc4c3CC2(C)C1=O. The molecule has 8 heteroatoms. The van der Waals surface area contributed by atoms with Crippen LogP contribution in [0.1, 0.15) is 36.2 Å². The minimum absolute atomic E-state index is 0.114.